The Morgan fingerprint density at radius 3 is 1.22 bits per heavy atom. The Bertz CT molecular complexity index is 723. The third-order valence-corrected chi connectivity index (χ3v) is 6.11. The molecule has 0 saturated heterocycles. The molecule has 0 aliphatic carbocycles. The van der Waals surface area contributed by atoms with Crippen molar-refractivity contribution in [2.24, 2.45) is 0 Å². The van der Waals surface area contributed by atoms with E-state index in [0.717, 1.165) is 22.6 Å². The van der Waals surface area contributed by atoms with Crippen molar-refractivity contribution in [2.75, 3.05) is 0 Å². The molecule has 0 bridgehead atoms. The highest BCUT2D eigenvalue weighted by molar-refractivity contribution is 6.70. The van der Waals surface area contributed by atoms with E-state index >= 15 is 0 Å². The standard InChI is InChI=1S/C22H32O3Si2/c1-17(23)22(2,18-9-13-20(14-10-18)24-26(3,4)5)19-11-15-21(16-12-19)25-27(6,7)8/h9-16H,1-8H3. The van der Waals surface area contributed by atoms with Gasteiger partial charge in [0.1, 0.15) is 17.3 Å². The summed E-state index contributed by atoms with van der Waals surface area (Å²) in [5, 5.41) is 0. The summed E-state index contributed by atoms with van der Waals surface area (Å²) in [4.78, 5) is 12.6. The summed E-state index contributed by atoms with van der Waals surface area (Å²) in [6, 6.07) is 15.9. The molecule has 2 aromatic rings. The maximum Gasteiger partial charge on any atom is 0.242 e. The number of benzene rings is 2. The number of hydrogen-bond acceptors (Lipinski definition) is 3. The molecular weight excluding hydrogens is 368 g/mol. The van der Waals surface area contributed by atoms with Gasteiger partial charge >= 0.3 is 0 Å². The molecule has 2 rings (SSSR count). The molecule has 5 heteroatoms. The topological polar surface area (TPSA) is 35.5 Å². The quantitative estimate of drug-likeness (QED) is 0.534. The highest BCUT2D eigenvalue weighted by Gasteiger charge is 2.34. The predicted molar refractivity (Wildman–Crippen MR) is 118 cm³/mol. The number of Topliss-reactive ketones (excluding diaryl/α,β-unsaturated/α-hetero) is 1. The zero-order chi connectivity index (χ0) is 20.5. The van der Waals surface area contributed by atoms with Crippen LogP contribution in [0.4, 0.5) is 0 Å². The fourth-order valence-electron chi connectivity index (χ4n) is 2.99. The van der Waals surface area contributed by atoms with Crippen LogP contribution in [0.2, 0.25) is 39.3 Å². The fourth-order valence-corrected chi connectivity index (χ4v) is 4.68. The minimum Gasteiger partial charge on any atom is -0.544 e. The molecule has 27 heavy (non-hydrogen) atoms. The average Bonchev–Trinajstić information content (AvgIpc) is 2.52. The molecule has 146 valence electrons. The first kappa shape index (κ1) is 21.4. The van der Waals surface area contributed by atoms with Crippen molar-refractivity contribution in [1.82, 2.24) is 0 Å². The smallest absolute Gasteiger partial charge is 0.242 e. The van der Waals surface area contributed by atoms with Crippen molar-refractivity contribution in [3.63, 3.8) is 0 Å². The molecule has 0 spiro atoms. The Balaban J connectivity index is 2.36. The Labute approximate surface area is 166 Å². The lowest BCUT2D eigenvalue weighted by Crippen LogP contribution is -2.32. The van der Waals surface area contributed by atoms with Crippen LogP contribution in [0.25, 0.3) is 0 Å². The summed E-state index contributed by atoms with van der Waals surface area (Å²) in [6.45, 7) is 16.6. The lowest BCUT2D eigenvalue weighted by atomic mass is 9.73. The zero-order valence-electron chi connectivity index (χ0n) is 17.8. The molecule has 0 heterocycles. The third kappa shape index (κ3) is 5.56. The number of carbonyl (C=O) groups is 1. The minimum atomic E-state index is -1.65. The highest BCUT2D eigenvalue weighted by atomic mass is 28.4. The first-order valence-corrected chi connectivity index (χ1v) is 16.2. The van der Waals surface area contributed by atoms with Crippen LogP contribution in [0.5, 0.6) is 11.5 Å². The lowest BCUT2D eigenvalue weighted by Gasteiger charge is -2.29. The first-order valence-electron chi connectivity index (χ1n) is 9.41. The highest BCUT2D eigenvalue weighted by Crippen LogP contribution is 2.35. The normalized spacial score (nSPS) is 12.6. The number of rotatable bonds is 7. The van der Waals surface area contributed by atoms with Gasteiger partial charge in [0.2, 0.25) is 16.6 Å². The fraction of sp³-hybridized carbons (Fsp3) is 0.409. The number of hydrogen-bond donors (Lipinski definition) is 0. The van der Waals surface area contributed by atoms with E-state index in [9.17, 15) is 4.79 Å². The molecule has 0 amide bonds. The molecule has 0 atom stereocenters. The van der Waals surface area contributed by atoms with Crippen molar-refractivity contribution in [2.45, 2.75) is 58.5 Å². The van der Waals surface area contributed by atoms with Crippen LogP contribution >= 0.6 is 0 Å². The molecule has 0 N–H and O–H groups in total. The van der Waals surface area contributed by atoms with Crippen molar-refractivity contribution in [1.29, 1.82) is 0 Å². The Morgan fingerprint density at radius 1 is 0.704 bits per heavy atom. The Kier molecular flexibility index (Phi) is 6.07. The van der Waals surface area contributed by atoms with Gasteiger partial charge in [0, 0.05) is 0 Å². The monoisotopic (exact) mass is 400 g/mol. The van der Waals surface area contributed by atoms with E-state index in [2.05, 4.69) is 39.3 Å². The van der Waals surface area contributed by atoms with Crippen LogP contribution in [-0.2, 0) is 10.2 Å². The van der Waals surface area contributed by atoms with Gasteiger partial charge in [-0.15, -0.1) is 0 Å². The van der Waals surface area contributed by atoms with Gasteiger partial charge in [-0.3, -0.25) is 4.79 Å². The van der Waals surface area contributed by atoms with Crippen LogP contribution in [-0.4, -0.2) is 22.4 Å². The van der Waals surface area contributed by atoms with Crippen LogP contribution in [0.15, 0.2) is 48.5 Å². The second kappa shape index (κ2) is 7.64. The Morgan fingerprint density at radius 2 is 1.00 bits per heavy atom. The zero-order valence-corrected chi connectivity index (χ0v) is 19.8. The molecule has 0 saturated carbocycles. The van der Waals surface area contributed by atoms with Crippen LogP contribution in [0.1, 0.15) is 25.0 Å². The van der Waals surface area contributed by atoms with Crippen molar-refractivity contribution in [3.05, 3.63) is 59.7 Å². The molecule has 0 aliphatic rings. The summed E-state index contributed by atoms with van der Waals surface area (Å²) < 4.78 is 12.1. The minimum absolute atomic E-state index is 0.111. The van der Waals surface area contributed by atoms with Gasteiger partial charge in [-0.05, 0) is 88.5 Å². The van der Waals surface area contributed by atoms with E-state index in [1.165, 1.54) is 0 Å². The lowest BCUT2D eigenvalue weighted by molar-refractivity contribution is -0.120. The third-order valence-electron chi connectivity index (χ3n) is 4.42. The van der Waals surface area contributed by atoms with Gasteiger partial charge in [-0.2, -0.15) is 0 Å². The van der Waals surface area contributed by atoms with Gasteiger partial charge in [-0.1, -0.05) is 24.3 Å². The summed E-state index contributed by atoms with van der Waals surface area (Å²) in [5.41, 5.74) is 1.24. The molecule has 0 unspecified atom stereocenters. The van der Waals surface area contributed by atoms with Gasteiger partial charge in [0.05, 0.1) is 5.41 Å². The molecule has 0 fully saturated rings. The summed E-state index contributed by atoms with van der Waals surface area (Å²) in [7, 11) is -3.30. The SMILES string of the molecule is CC(=O)C(C)(c1ccc(O[Si](C)(C)C)cc1)c1ccc(O[Si](C)(C)C)cc1. The Hall–Kier alpha value is -1.86. The van der Waals surface area contributed by atoms with Crippen molar-refractivity contribution in [3.8, 4) is 11.5 Å². The van der Waals surface area contributed by atoms with Crippen LogP contribution in [0.3, 0.4) is 0 Å². The maximum atomic E-state index is 12.6. The number of carbonyl (C=O) groups excluding carboxylic acids is 1. The van der Waals surface area contributed by atoms with E-state index in [-0.39, 0.29) is 5.78 Å². The summed E-state index contributed by atoms with van der Waals surface area (Å²) in [6.07, 6.45) is 0. The van der Waals surface area contributed by atoms with Gasteiger partial charge in [-0.25, -0.2) is 0 Å². The van der Waals surface area contributed by atoms with E-state index < -0.39 is 22.0 Å². The summed E-state index contributed by atoms with van der Waals surface area (Å²) in [5.74, 6) is 1.84. The second-order valence-corrected chi connectivity index (χ2v) is 18.0. The maximum absolute atomic E-state index is 12.6. The van der Waals surface area contributed by atoms with E-state index in [4.69, 9.17) is 8.85 Å². The average molecular weight is 401 g/mol. The molecule has 3 nitrogen and oxygen atoms in total. The molecular formula is C22H32O3Si2. The van der Waals surface area contributed by atoms with Crippen LogP contribution in [0, 0.1) is 0 Å². The van der Waals surface area contributed by atoms with E-state index in [0.29, 0.717) is 0 Å². The van der Waals surface area contributed by atoms with Gasteiger partial charge in [0.25, 0.3) is 0 Å². The second-order valence-electron chi connectivity index (χ2n) is 9.16. The number of ketones is 1. The largest absolute Gasteiger partial charge is 0.544 e. The van der Waals surface area contributed by atoms with Gasteiger partial charge < -0.3 is 8.85 Å². The van der Waals surface area contributed by atoms with Gasteiger partial charge in [0.15, 0.2) is 0 Å². The molecule has 0 aromatic heterocycles. The molecule has 0 aliphatic heterocycles. The molecule has 0 radical (unpaired) electrons. The summed E-state index contributed by atoms with van der Waals surface area (Å²) >= 11 is 0. The van der Waals surface area contributed by atoms with Crippen molar-refractivity contribution >= 4 is 22.4 Å². The van der Waals surface area contributed by atoms with E-state index in [1.807, 2.05) is 55.5 Å². The first-order chi connectivity index (χ1) is 12.3. The molecule has 2 aromatic carbocycles. The van der Waals surface area contributed by atoms with Crippen molar-refractivity contribution < 1.29 is 13.6 Å². The predicted octanol–water partition coefficient (Wildman–Crippen LogP) is 6.01. The van der Waals surface area contributed by atoms with E-state index in [1.54, 1.807) is 6.92 Å². The van der Waals surface area contributed by atoms with Crippen LogP contribution < -0.4 is 8.85 Å².